The number of amides is 5. The third-order valence-corrected chi connectivity index (χ3v) is 6.48. The zero-order valence-corrected chi connectivity index (χ0v) is 18.6. The fraction of sp³-hybridized carbons (Fsp3) is 0.565. The first-order chi connectivity index (χ1) is 15.4. The number of primary amides is 1. The van der Waals surface area contributed by atoms with E-state index in [9.17, 15) is 19.2 Å². The van der Waals surface area contributed by atoms with Crippen molar-refractivity contribution in [3.8, 4) is 0 Å². The molecular weight excluding hydrogens is 410 g/mol. The normalized spacial score (nSPS) is 20.6. The number of anilines is 1. The van der Waals surface area contributed by atoms with E-state index in [1.165, 1.54) is 6.42 Å². The van der Waals surface area contributed by atoms with Gasteiger partial charge in [-0.1, -0.05) is 45.4 Å². The largest absolute Gasteiger partial charge is 0.366 e. The second-order valence-corrected chi connectivity index (χ2v) is 8.55. The zero-order chi connectivity index (χ0) is 23.1. The highest BCUT2D eigenvalue weighted by molar-refractivity contribution is 6.20. The second kappa shape index (κ2) is 10.6. The molecule has 0 bridgehead atoms. The molecule has 0 aromatic heterocycles. The van der Waals surface area contributed by atoms with Gasteiger partial charge in [0, 0.05) is 30.9 Å². The van der Waals surface area contributed by atoms with E-state index in [0.717, 1.165) is 31.4 Å². The first-order valence-electron chi connectivity index (χ1n) is 11.4. The first-order valence-corrected chi connectivity index (χ1v) is 11.4. The number of benzene rings is 1. The van der Waals surface area contributed by atoms with Crippen LogP contribution in [0, 0.1) is 5.41 Å². The molecule has 5 amide bonds. The van der Waals surface area contributed by atoms with Crippen molar-refractivity contribution in [3.05, 3.63) is 29.8 Å². The smallest absolute Gasteiger partial charge is 0.328 e. The number of unbranched alkanes of at least 4 members (excludes halogenated alkanes) is 5. The number of piperazine rings is 1. The Labute approximate surface area is 188 Å². The number of hydrogen-bond acceptors (Lipinski definition) is 6. The standard InChI is InChI=1S/C23H33N5O4/c1-2-3-4-5-6-7-12-23(20(30)26-22(32)27-21(23)31)18-15-25-13-14-28(18)17-10-8-16(9-11-17)19(24)29/h8-11,18,25H,2-7,12-15H2,1H3,(H2,24,29)(H2,26,27,30,31,32). The molecule has 0 spiro atoms. The van der Waals surface area contributed by atoms with Crippen LogP contribution in [0.5, 0.6) is 0 Å². The maximum atomic E-state index is 13.2. The molecule has 2 aliphatic heterocycles. The number of nitrogens with two attached hydrogens (primary N) is 1. The van der Waals surface area contributed by atoms with Gasteiger partial charge in [0.1, 0.15) is 5.41 Å². The molecule has 2 fully saturated rings. The summed E-state index contributed by atoms with van der Waals surface area (Å²) >= 11 is 0. The summed E-state index contributed by atoms with van der Waals surface area (Å²) < 4.78 is 0. The van der Waals surface area contributed by atoms with Crippen LogP contribution in [-0.4, -0.2) is 49.4 Å². The van der Waals surface area contributed by atoms with Crippen molar-refractivity contribution in [1.29, 1.82) is 0 Å². The molecule has 5 N–H and O–H groups in total. The number of carbonyl (C=O) groups excluding carboxylic acids is 4. The van der Waals surface area contributed by atoms with E-state index >= 15 is 0 Å². The van der Waals surface area contributed by atoms with Gasteiger partial charge in [-0.3, -0.25) is 25.0 Å². The minimum Gasteiger partial charge on any atom is -0.366 e. The lowest BCUT2D eigenvalue weighted by atomic mass is 9.71. The molecular formula is C23H33N5O4. The molecule has 9 heteroatoms. The van der Waals surface area contributed by atoms with E-state index in [2.05, 4.69) is 22.9 Å². The number of imide groups is 2. The number of carbonyl (C=O) groups is 4. The summed E-state index contributed by atoms with van der Waals surface area (Å²) in [5.41, 5.74) is 5.14. The van der Waals surface area contributed by atoms with E-state index in [1.54, 1.807) is 24.3 Å². The van der Waals surface area contributed by atoms with Gasteiger partial charge in [0.15, 0.2) is 0 Å². The Bertz CT molecular complexity index is 834. The van der Waals surface area contributed by atoms with Crippen LogP contribution in [0.2, 0.25) is 0 Å². The molecule has 9 nitrogen and oxygen atoms in total. The van der Waals surface area contributed by atoms with E-state index in [0.29, 0.717) is 38.0 Å². The summed E-state index contributed by atoms with van der Waals surface area (Å²) in [5.74, 6) is -1.61. The number of barbiturate groups is 1. The van der Waals surface area contributed by atoms with Gasteiger partial charge in [-0.2, -0.15) is 0 Å². The summed E-state index contributed by atoms with van der Waals surface area (Å²) in [5, 5.41) is 7.96. The van der Waals surface area contributed by atoms with E-state index in [1.807, 2.05) is 4.90 Å². The van der Waals surface area contributed by atoms with Crippen LogP contribution in [0.1, 0.15) is 62.2 Å². The molecule has 2 aliphatic rings. The summed E-state index contributed by atoms with van der Waals surface area (Å²) in [7, 11) is 0. The van der Waals surface area contributed by atoms with Gasteiger partial charge in [0.25, 0.3) is 0 Å². The molecule has 3 rings (SSSR count). The van der Waals surface area contributed by atoms with E-state index in [-0.39, 0.29) is 0 Å². The Morgan fingerprint density at radius 1 is 1.03 bits per heavy atom. The third kappa shape index (κ3) is 4.93. The molecule has 2 heterocycles. The highest BCUT2D eigenvalue weighted by Crippen LogP contribution is 2.38. The van der Waals surface area contributed by atoms with Crippen molar-refractivity contribution >= 4 is 29.4 Å². The van der Waals surface area contributed by atoms with Gasteiger partial charge in [0.2, 0.25) is 17.7 Å². The summed E-state index contributed by atoms with van der Waals surface area (Å²) in [6.07, 6.45) is 6.48. The van der Waals surface area contributed by atoms with Gasteiger partial charge < -0.3 is 16.0 Å². The molecule has 1 atom stereocenters. The van der Waals surface area contributed by atoms with Crippen molar-refractivity contribution in [2.45, 2.75) is 57.9 Å². The van der Waals surface area contributed by atoms with Crippen molar-refractivity contribution in [2.75, 3.05) is 24.5 Å². The van der Waals surface area contributed by atoms with Gasteiger partial charge >= 0.3 is 6.03 Å². The van der Waals surface area contributed by atoms with Crippen molar-refractivity contribution in [1.82, 2.24) is 16.0 Å². The van der Waals surface area contributed by atoms with Crippen molar-refractivity contribution < 1.29 is 19.2 Å². The van der Waals surface area contributed by atoms with Crippen LogP contribution >= 0.6 is 0 Å². The fourth-order valence-electron chi connectivity index (χ4n) is 4.71. The summed E-state index contributed by atoms with van der Waals surface area (Å²) in [4.78, 5) is 51.7. The van der Waals surface area contributed by atoms with Crippen LogP contribution in [0.25, 0.3) is 0 Å². The highest BCUT2D eigenvalue weighted by Gasteiger charge is 2.57. The molecule has 0 aliphatic carbocycles. The van der Waals surface area contributed by atoms with Gasteiger partial charge in [-0.25, -0.2) is 4.79 Å². The number of urea groups is 1. The lowest BCUT2D eigenvalue weighted by Crippen LogP contribution is -2.72. The van der Waals surface area contributed by atoms with Gasteiger partial charge in [-0.15, -0.1) is 0 Å². The Kier molecular flexibility index (Phi) is 7.84. The lowest BCUT2D eigenvalue weighted by Gasteiger charge is -2.48. The second-order valence-electron chi connectivity index (χ2n) is 8.55. The third-order valence-electron chi connectivity index (χ3n) is 6.48. The Morgan fingerprint density at radius 3 is 2.28 bits per heavy atom. The SMILES string of the molecule is CCCCCCCCC1(C2CNCCN2c2ccc(C(N)=O)cc2)C(=O)NC(=O)NC1=O. The molecule has 174 valence electrons. The van der Waals surface area contributed by atoms with Gasteiger partial charge in [0.05, 0.1) is 6.04 Å². The molecule has 2 saturated heterocycles. The topological polar surface area (TPSA) is 134 Å². The minimum absolute atomic E-state index is 0.353. The van der Waals surface area contributed by atoms with Crippen molar-refractivity contribution in [3.63, 3.8) is 0 Å². The van der Waals surface area contributed by atoms with E-state index in [4.69, 9.17) is 5.73 Å². The number of nitrogens with zero attached hydrogens (tertiary/aromatic N) is 1. The Hall–Kier alpha value is -2.94. The molecule has 1 unspecified atom stereocenters. The predicted octanol–water partition coefficient (Wildman–Crippen LogP) is 1.67. The molecule has 0 radical (unpaired) electrons. The first kappa shape index (κ1) is 23.7. The van der Waals surface area contributed by atoms with Gasteiger partial charge in [-0.05, 0) is 30.7 Å². The highest BCUT2D eigenvalue weighted by atomic mass is 16.2. The van der Waals surface area contributed by atoms with Crippen LogP contribution in [0.4, 0.5) is 10.5 Å². The van der Waals surface area contributed by atoms with Crippen molar-refractivity contribution in [2.24, 2.45) is 11.1 Å². The monoisotopic (exact) mass is 443 g/mol. The maximum Gasteiger partial charge on any atom is 0.328 e. The lowest BCUT2D eigenvalue weighted by molar-refractivity contribution is -0.147. The zero-order valence-electron chi connectivity index (χ0n) is 18.6. The quantitative estimate of drug-likeness (QED) is 0.321. The van der Waals surface area contributed by atoms with Crippen LogP contribution < -0.4 is 26.6 Å². The van der Waals surface area contributed by atoms with Crippen LogP contribution in [0.3, 0.4) is 0 Å². The van der Waals surface area contributed by atoms with E-state index < -0.39 is 35.2 Å². The molecule has 0 saturated carbocycles. The Balaban J connectivity index is 1.88. The number of rotatable bonds is 10. The average molecular weight is 444 g/mol. The molecule has 1 aromatic rings. The number of nitrogens with one attached hydrogen (secondary N) is 3. The Morgan fingerprint density at radius 2 is 1.66 bits per heavy atom. The molecule has 32 heavy (non-hydrogen) atoms. The predicted molar refractivity (Wildman–Crippen MR) is 121 cm³/mol. The fourth-order valence-corrected chi connectivity index (χ4v) is 4.71. The maximum absolute atomic E-state index is 13.2. The average Bonchev–Trinajstić information content (AvgIpc) is 2.78. The minimum atomic E-state index is -1.39. The number of hydrogen-bond donors (Lipinski definition) is 4. The van der Waals surface area contributed by atoms with Crippen LogP contribution in [0.15, 0.2) is 24.3 Å². The van der Waals surface area contributed by atoms with Crippen LogP contribution in [-0.2, 0) is 9.59 Å². The summed E-state index contributed by atoms with van der Waals surface area (Å²) in [6, 6.07) is 5.57. The molecule has 1 aromatic carbocycles. The summed E-state index contributed by atoms with van der Waals surface area (Å²) in [6.45, 7) is 3.84.